The molecule has 0 bridgehead atoms. The number of aromatic nitrogens is 3. The summed E-state index contributed by atoms with van der Waals surface area (Å²) in [6, 6.07) is 6.41. The maximum Gasteiger partial charge on any atom is 0.188 e. The quantitative estimate of drug-likeness (QED) is 0.886. The van der Waals surface area contributed by atoms with E-state index in [1.165, 1.54) is 16.8 Å². The third kappa shape index (κ3) is 3.57. The first kappa shape index (κ1) is 13.6. The van der Waals surface area contributed by atoms with Gasteiger partial charge in [0.05, 0.1) is 0 Å². The summed E-state index contributed by atoms with van der Waals surface area (Å²) in [5.41, 5.74) is 7.27. The molecule has 2 rings (SSSR count). The Balaban J connectivity index is 2.22. The van der Waals surface area contributed by atoms with Crippen LogP contribution < -0.4 is 5.73 Å². The van der Waals surface area contributed by atoms with Gasteiger partial charge in [-0.05, 0) is 36.6 Å². The molecule has 2 aromatic rings. The number of nitrogens with zero attached hydrogens (tertiary/aromatic N) is 2. The number of aromatic amines is 1. The van der Waals surface area contributed by atoms with Crippen molar-refractivity contribution in [1.82, 2.24) is 15.2 Å². The number of hydrogen-bond acceptors (Lipinski definition) is 4. The Morgan fingerprint density at radius 1 is 1.50 bits per heavy atom. The van der Waals surface area contributed by atoms with Crippen LogP contribution in [0.3, 0.4) is 0 Å². The van der Waals surface area contributed by atoms with E-state index in [-0.39, 0.29) is 6.04 Å². The Morgan fingerprint density at radius 3 is 3.00 bits per heavy atom. The Bertz CT molecular complexity index is 501. The van der Waals surface area contributed by atoms with Crippen molar-refractivity contribution in [3.63, 3.8) is 0 Å². The molecule has 6 heteroatoms. The van der Waals surface area contributed by atoms with Crippen LogP contribution in [0.5, 0.6) is 0 Å². The summed E-state index contributed by atoms with van der Waals surface area (Å²) in [7, 11) is 0. The maximum absolute atomic E-state index is 6.04. The summed E-state index contributed by atoms with van der Waals surface area (Å²) in [6.45, 7) is 2.10. The number of nitrogens with one attached hydrogen (secondary N) is 1. The lowest BCUT2D eigenvalue weighted by molar-refractivity contribution is 0.641. The second kappa shape index (κ2) is 6.36. The van der Waals surface area contributed by atoms with E-state index in [4.69, 9.17) is 5.73 Å². The van der Waals surface area contributed by atoms with Gasteiger partial charge in [0.1, 0.15) is 6.33 Å². The molecule has 0 aliphatic heterocycles. The molecule has 18 heavy (non-hydrogen) atoms. The van der Waals surface area contributed by atoms with Gasteiger partial charge in [-0.25, -0.2) is 4.98 Å². The predicted molar refractivity (Wildman–Crippen MR) is 76.6 cm³/mol. The molecule has 4 nitrogen and oxygen atoms in total. The molecule has 0 saturated heterocycles. The average Bonchev–Trinajstić information content (AvgIpc) is 2.85. The number of H-pyrrole nitrogens is 1. The molecule has 1 aromatic heterocycles. The predicted octanol–water partition coefficient (Wildman–Crippen LogP) is 3.00. The van der Waals surface area contributed by atoms with Crippen LogP contribution >= 0.6 is 27.7 Å². The third-order valence-electron chi connectivity index (χ3n) is 2.63. The molecule has 0 spiro atoms. The van der Waals surface area contributed by atoms with Crippen LogP contribution in [0.2, 0.25) is 0 Å². The first-order chi connectivity index (χ1) is 8.69. The van der Waals surface area contributed by atoms with Crippen molar-refractivity contribution in [3.8, 4) is 0 Å². The van der Waals surface area contributed by atoms with Crippen LogP contribution in [0, 0.1) is 0 Å². The monoisotopic (exact) mass is 326 g/mol. The topological polar surface area (TPSA) is 67.6 Å². The van der Waals surface area contributed by atoms with Gasteiger partial charge in [0, 0.05) is 15.4 Å². The molecule has 96 valence electrons. The molecular weight excluding hydrogens is 312 g/mol. The van der Waals surface area contributed by atoms with Gasteiger partial charge >= 0.3 is 0 Å². The van der Waals surface area contributed by atoms with E-state index in [1.54, 1.807) is 11.8 Å². The molecular formula is C12H15BrN4S. The Hall–Kier alpha value is -0.850. The minimum atomic E-state index is 0.188. The molecule has 0 amide bonds. The third-order valence-corrected chi connectivity index (χ3v) is 4.13. The lowest BCUT2D eigenvalue weighted by Gasteiger charge is -2.12. The zero-order valence-corrected chi connectivity index (χ0v) is 12.5. The Morgan fingerprint density at radius 2 is 2.33 bits per heavy atom. The summed E-state index contributed by atoms with van der Waals surface area (Å²) in [5.74, 6) is 0. The largest absolute Gasteiger partial charge is 0.327 e. The van der Waals surface area contributed by atoms with Gasteiger partial charge in [-0.15, -0.1) is 0 Å². The second-order valence-corrected chi connectivity index (χ2v) is 5.96. The van der Waals surface area contributed by atoms with E-state index in [0.29, 0.717) is 0 Å². The highest BCUT2D eigenvalue weighted by Crippen LogP contribution is 2.30. The van der Waals surface area contributed by atoms with Crippen molar-refractivity contribution < 1.29 is 0 Å². The van der Waals surface area contributed by atoms with Crippen molar-refractivity contribution in [1.29, 1.82) is 0 Å². The van der Waals surface area contributed by atoms with Crippen LogP contribution in [0.4, 0.5) is 0 Å². The smallest absolute Gasteiger partial charge is 0.188 e. The summed E-state index contributed by atoms with van der Waals surface area (Å²) in [6.07, 6.45) is 3.35. The van der Waals surface area contributed by atoms with Crippen molar-refractivity contribution in [3.05, 3.63) is 34.6 Å². The summed E-state index contributed by atoms with van der Waals surface area (Å²) < 4.78 is 1.07. The van der Waals surface area contributed by atoms with E-state index in [0.717, 1.165) is 22.5 Å². The zero-order valence-electron chi connectivity index (χ0n) is 10.1. The number of halogens is 1. The van der Waals surface area contributed by atoms with Crippen molar-refractivity contribution in [2.24, 2.45) is 5.73 Å². The molecule has 1 heterocycles. The molecule has 1 unspecified atom stereocenters. The van der Waals surface area contributed by atoms with Crippen LogP contribution in [0.1, 0.15) is 18.9 Å². The highest BCUT2D eigenvalue weighted by molar-refractivity contribution is 9.10. The number of hydrogen-bond donors (Lipinski definition) is 2. The fourth-order valence-corrected chi connectivity index (χ4v) is 2.81. The minimum absolute atomic E-state index is 0.188. The highest BCUT2D eigenvalue weighted by atomic mass is 79.9. The zero-order chi connectivity index (χ0) is 13.0. The average molecular weight is 327 g/mol. The summed E-state index contributed by atoms with van der Waals surface area (Å²) in [4.78, 5) is 5.29. The van der Waals surface area contributed by atoms with Gasteiger partial charge in [-0.1, -0.05) is 34.6 Å². The molecule has 1 atom stereocenters. The van der Waals surface area contributed by atoms with Gasteiger partial charge in [0.25, 0.3) is 0 Å². The number of rotatable bonds is 5. The lowest BCUT2D eigenvalue weighted by atomic mass is 10.1. The Kier molecular flexibility index (Phi) is 4.79. The minimum Gasteiger partial charge on any atom is -0.327 e. The standard InChI is InChI=1S/C12H15BrN4S/c1-2-10(14)6-8-5-9(13)3-4-11(8)18-12-15-7-16-17-12/h3-5,7,10H,2,6,14H2,1H3,(H,15,16,17). The molecule has 0 radical (unpaired) electrons. The first-order valence-electron chi connectivity index (χ1n) is 5.76. The molecule has 0 aliphatic rings. The van der Waals surface area contributed by atoms with Crippen molar-refractivity contribution >= 4 is 27.7 Å². The first-order valence-corrected chi connectivity index (χ1v) is 7.37. The van der Waals surface area contributed by atoms with Crippen molar-refractivity contribution in [2.45, 2.75) is 35.9 Å². The van der Waals surface area contributed by atoms with Gasteiger partial charge in [-0.3, -0.25) is 5.10 Å². The number of benzene rings is 1. The van der Waals surface area contributed by atoms with Gasteiger partial charge in [0.2, 0.25) is 0 Å². The van der Waals surface area contributed by atoms with E-state index in [9.17, 15) is 0 Å². The van der Waals surface area contributed by atoms with E-state index < -0.39 is 0 Å². The van der Waals surface area contributed by atoms with Crippen LogP contribution in [0.25, 0.3) is 0 Å². The van der Waals surface area contributed by atoms with Gasteiger partial charge < -0.3 is 5.73 Å². The van der Waals surface area contributed by atoms with Crippen molar-refractivity contribution in [2.75, 3.05) is 0 Å². The highest BCUT2D eigenvalue weighted by Gasteiger charge is 2.10. The number of nitrogens with two attached hydrogens (primary N) is 1. The summed E-state index contributed by atoms with van der Waals surface area (Å²) in [5, 5.41) is 7.50. The van der Waals surface area contributed by atoms with E-state index in [2.05, 4.69) is 50.2 Å². The van der Waals surface area contributed by atoms with Crippen LogP contribution in [-0.4, -0.2) is 21.2 Å². The summed E-state index contributed by atoms with van der Waals surface area (Å²) >= 11 is 5.08. The maximum atomic E-state index is 6.04. The van der Waals surface area contributed by atoms with E-state index in [1.807, 2.05) is 6.07 Å². The second-order valence-electron chi connectivity index (χ2n) is 4.02. The molecule has 3 N–H and O–H groups in total. The molecule has 0 aliphatic carbocycles. The van der Waals surface area contributed by atoms with Gasteiger partial charge in [0.15, 0.2) is 5.16 Å². The SMILES string of the molecule is CCC(N)Cc1cc(Br)ccc1Sc1ncn[nH]1. The molecule has 1 aromatic carbocycles. The van der Waals surface area contributed by atoms with E-state index >= 15 is 0 Å². The fourth-order valence-electron chi connectivity index (χ4n) is 1.58. The van der Waals surface area contributed by atoms with Crippen LogP contribution in [-0.2, 0) is 6.42 Å². The normalized spacial score (nSPS) is 12.6. The van der Waals surface area contributed by atoms with Gasteiger partial charge in [-0.2, -0.15) is 5.10 Å². The van der Waals surface area contributed by atoms with Crippen LogP contribution in [0.15, 0.2) is 39.1 Å². The molecule has 0 fully saturated rings. The fraction of sp³-hybridized carbons (Fsp3) is 0.333. The lowest BCUT2D eigenvalue weighted by Crippen LogP contribution is -2.21. The molecule has 0 saturated carbocycles. The Labute approximate surface area is 119 Å².